The summed E-state index contributed by atoms with van der Waals surface area (Å²) in [5.74, 6) is 0.627. The van der Waals surface area contributed by atoms with Gasteiger partial charge in [-0.15, -0.1) is 0 Å². The molecule has 1 amide bonds. The van der Waals surface area contributed by atoms with Crippen molar-refractivity contribution in [2.24, 2.45) is 0 Å². The van der Waals surface area contributed by atoms with Crippen LogP contribution < -0.4 is 11.1 Å². The zero-order chi connectivity index (χ0) is 14.2. The number of anilines is 1. The monoisotopic (exact) mass is 272 g/mol. The Hall–Kier alpha value is -2.63. The second kappa shape index (κ2) is 7.08. The number of ether oxygens (including phenoxy) is 1. The van der Waals surface area contributed by atoms with Gasteiger partial charge >= 0.3 is 6.09 Å². The van der Waals surface area contributed by atoms with E-state index in [0.29, 0.717) is 24.5 Å². The highest BCUT2D eigenvalue weighted by Gasteiger charge is 2.03. The largest absolute Gasteiger partial charge is 0.445 e. The van der Waals surface area contributed by atoms with Crippen LogP contribution in [0.1, 0.15) is 11.4 Å². The maximum atomic E-state index is 11.5. The SMILES string of the molecule is Nc1cnc(CCNC(=O)OCc2ccccc2)nc1. The molecule has 0 saturated heterocycles. The van der Waals surface area contributed by atoms with Gasteiger partial charge in [0, 0.05) is 13.0 Å². The Morgan fingerprint density at radius 1 is 1.20 bits per heavy atom. The molecule has 0 unspecified atom stereocenters. The minimum absolute atomic E-state index is 0.255. The molecule has 3 N–H and O–H groups in total. The minimum atomic E-state index is -0.454. The molecular weight excluding hydrogens is 256 g/mol. The zero-order valence-corrected chi connectivity index (χ0v) is 11.0. The van der Waals surface area contributed by atoms with Crippen molar-refractivity contribution in [1.82, 2.24) is 15.3 Å². The van der Waals surface area contributed by atoms with Gasteiger partial charge in [-0.05, 0) is 5.56 Å². The third kappa shape index (κ3) is 4.56. The minimum Gasteiger partial charge on any atom is -0.445 e. The average Bonchev–Trinajstić information content (AvgIpc) is 2.48. The van der Waals surface area contributed by atoms with E-state index in [0.717, 1.165) is 5.56 Å². The molecule has 1 heterocycles. The Labute approximate surface area is 117 Å². The second-order valence-electron chi connectivity index (χ2n) is 4.17. The van der Waals surface area contributed by atoms with Gasteiger partial charge in [-0.1, -0.05) is 30.3 Å². The third-order valence-electron chi connectivity index (χ3n) is 2.56. The Kier molecular flexibility index (Phi) is 4.88. The number of hydrogen-bond acceptors (Lipinski definition) is 5. The molecule has 6 nitrogen and oxygen atoms in total. The van der Waals surface area contributed by atoms with Crippen LogP contribution in [0.5, 0.6) is 0 Å². The lowest BCUT2D eigenvalue weighted by molar-refractivity contribution is 0.140. The summed E-state index contributed by atoms with van der Waals surface area (Å²) in [7, 11) is 0. The van der Waals surface area contributed by atoms with Crippen LogP contribution in [-0.2, 0) is 17.8 Å². The molecule has 0 saturated carbocycles. The number of rotatable bonds is 5. The molecule has 2 aromatic rings. The molecule has 0 aliphatic carbocycles. The van der Waals surface area contributed by atoms with Crippen LogP contribution in [0.3, 0.4) is 0 Å². The van der Waals surface area contributed by atoms with E-state index in [1.165, 1.54) is 12.4 Å². The molecule has 0 spiro atoms. The molecule has 0 atom stereocenters. The molecule has 0 aliphatic heterocycles. The molecule has 0 fully saturated rings. The molecule has 104 valence electrons. The van der Waals surface area contributed by atoms with Crippen molar-refractivity contribution in [3.63, 3.8) is 0 Å². The van der Waals surface area contributed by atoms with Crippen LogP contribution in [0.2, 0.25) is 0 Å². The van der Waals surface area contributed by atoms with Gasteiger partial charge in [0.15, 0.2) is 0 Å². The Bertz CT molecular complexity index is 543. The van der Waals surface area contributed by atoms with E-state index in [1.807, 2.05) is 30.3 Å². The van der Waals surface area contributed by atoms with E-state index in [2.05, 4.69) is 15.3 Å². The summed E-state index contributed by atoms with van der Waals surface area (Å²) in [5.41, 5.74) is 6.95. The zero-order valence-electron chi connectivity index (χ0n) is 11.0. The molecule has 0 aliphatic rings. The van der Waals surface area contributed by atoms with E-state index in [-0.39, 0.29) is 6.61 Å². The van der Waals surface area contributed by atoms with Crippen LogP contribution >= 0.6 is 0 Å². The number of alkyl carbamates (subject to hydrolysis) is 1. The van der Waals surface area contributed by atoms with Crippen molar-refractivity contribution >= 4 is 11.8 Å². The van der Waals surface area contributed by atoms with E-state index in [9.17, 15) is 4.79 Å². The van der Waals surface area contributed by atoms with Gasteiger partial charge in [0.2, 0.25) is 0 Å². The first-order chi connectivity index (χ1) is 9.74. The first-order valence-corrected chi connectivity index (χ1v) is 6.25. The predicted octanol–water partition coefficient (Wildman–Crippen LogP) is 1.53. The van der Waals surface area contributed by atoms with Gasteiger partial charge in [-0.2, -0.15) is 0 Å². The smallest absolute Gasteiger partial charge is 0.407 e. The topological polar surface area (TPSA) is 90.1 Å². The molecule has 0 radical (unpaired) electrons. The van der Waals surface area contributed by atoms with E-state index >= 15 is 0 Å². The molecule has 6 heteroatoms. The number of carbonyl (C=O) groups excluding carboxylic acids is 1. The van der Waals surface area contributed by atoms with Crippen molar-refractivity contribution in [2.75, 3.05) is 12.3 Å². The first kappa shape index (κ1) is 13.8. The van der Waals surface area contributed by atoms with Crippen LogP contribution in [0.25, 0.3) is 0 Å². The highest BCUT2D eigenvalue weighted by Crippen LogP contribution is 2.00. The summed E-state index contributed by atoms with van der Waals surface area (Å²) in [6.07, 6.45) is 3.15. The second-order valence-corrected chi connectivity index (χ2v) is 4.17. The lowest BCUT2D eigenvalue weighted by atomic mass is 10.2. The van der Waals surface area contributed by atoms with Crippen LogP contribution in [0.15, 0.2) is 42.7 Å². The number of aromatic nitrogens is 2. The van der Waals surface area contributed by atoms with E-state index in [4.69, 9.17) is 10.5 Å². The van der Waals surface area contributed by atoms with Crippen molar-refractivity contribution < 1.29 is 9.53 Å². The Balaban J connectivity index is 1.66. The predicted molar refractivity (Wildman–Crippen MR) is 74.8 cm³/mol. The number of amides is 1. The summed E-state index contributed by atoms with van der Waals surface area (Å²) in [6, 6.07) is 9.51. The molecule has 0 bridgehead atoms. The maximum Gasteiger partial charge on any atom is 0.407 e. The lowest BCUT2D eigenvalue weighted by Gasteiger charge is -2.06. The van der Waals surface area contributed by atoms with Crippen molar-refractivity contribution in [1.29, 1.82) is 0 Å². The summed E-state index contributed by atoms with van der Waals surface area (Å²) >= 11 is 0. The first-order valence-electron chi connectivity index (χ1n) is 6.25. The highest BCUT2D eigenvalue weighted by molar-refractivity contribution is 5.67. The summed E-state index contributed by atoms with van der Waals surface area (Å²) < 4.78 is 5.07. The average molecular weight is 272 g/mol. The van der Waals surface area contributed by atoms with Crippen LogP contribution in [-0.4, -0.2) is 22.6 Å². The lowest BCUT2D eigenvalue weighted by Crippen LogP contribution is -2.26. The molecule has 1 aromatic heterocycles. The van der Waals surface area contributed by atoms with E-state index < -0.39 is 6.09 Å². The van der Waals surface area contributed by atoms with Gasteiger partial charge in [0.25, 0.3) is 0 Å². The number of nitrogens with two attached hydrogens (primary N) is 1. The number of nitrogens with zero attached hydrogens (tertiary/aromatic N) is 2. The summed E-state index contributed by atoms with van der Waals surface area (Å²) in [6.45, 7) is 0.669. The molecule has 20 heavy (non-hydrogen) atoms. The summed E-state index contributed by atoms with van der Waals surface area (Å²) in [4.78, 5) is 19.5. The van der Waals surface area contributed by atoms with Gasteiger partial charge in [0.05, 0.1) is 18.1 Å². The van der Waals surface area contributed by atoms with Crippen LogP contribution in [0, 0.1) is 0 Å². The number of nitrogen functional groups attached to an aromatic ring is 1. The highest BCUT2D eigenvalue weighted by atomic mass is 16.5. The third-order valence-corrected chi connectivity index (χ3v) is 2.56. The number of carbonyl (C=O) groups is 1. The molecule has 1 aromatic carbocycles. The number of nitrogens with one attached hydrogen (secondary N) is 1. The summed E-state index contributed by atoms with van der Waals surface area (Å²) in [5, 5.41) is 2.64. The number of benzene rings is 1. The van der Waals surface area contributed by atoms with Gasteiger partial charge < -0.3 is 15.8 Å². The fourth-order valence-corrected chi connectivity index (χ4v) is 1.54. The van der Waals surface area contributed by atoms with Crippen molar-refractivity contribution in [2.45, 2.75) is 13.0 Å². The quantitative estimate of drug-likeness (QED) is 0.861. The van der Waals surface area contributed by atoms with E-state index in [1.54, 1.807) is 0 Å². The van der Waals surface area contributed by atoms with Gasteiger partial charge in [-0.3, -0.25) is 0 Å². The van der Waals surface area contributed by atoms with Crippen molar-refractivity contribution in [3.8, 4) is 0 Å². The van der Waals surface area contributed by atoms with Gasteiger partial charge in [-0.25, -0.2) is 14.8 Å². The number of hydrogen-bond donors (Lipinski definition) is 2. The fourth-order valence-electron chi connectivity index (χ4n) is 1.54. The molecule has 2 rings (SSSR count). The fraction of sp³-hybridized carbons (Fsp3) is 0.214. The standard InChI is InChI=1S/C14H16N4O2/c15-12-8-17-13(18-9-12)6-7-16-14(19)20-10-11-4-2-1-3-5-11/h1-5,8-9H,6-7,10,15H2,(H,16,19). The Morgan fingerprint density at radius 3 is 2.60 bits per heavy atom. The van der Waals surface area contributed by atoms with Gasteiger partial charge in [0.1, 0.15) is 12.4 Å². The van der Waals surface area contributed by atoms with Crippen LogP contribution in [0.4, 0.5) is 10.5 Å². The molecular formula is C14H16N4O2. The normalized spacial score (nSPS) is 10.0. The maximum absolute atomic E-state index is 11.5. The van der Waals surface area contributed by atoms with Crippen molar-refractivity contribution in [3.05, 3.63) is 54.1 Å². The Morgan fingerprint density at radius 2 is 1.90 bits per heavy atom.